The standard InChI is InChI=1S/C24H34N2O4S/c1-15(2)21-14-22(17(4)13-23(21)30-7)18(5)25-24(27)19(6)26(31(8,28)29)20-11-9-16(3)10-12-20/h9-15,18-19H,1-8H3,(H,25,27)/t18-,19+/m0/s1. The van der Waals surface area contributed by atoms with Crippen LogP contribution in [-0.4, -0.2) is 33.7 Å². The lowest BCUT2D eigenvalue weighted by molar-refractivity contribution is -0.122. The lowest BCUT2D eigenvalue weighted by atomic mass is 9.93. The van der Waals surface area contributed by atoms with Crippen molar-refractivity contribution in [2.24, 2.45) is 0 Å². The summed E-state index contributed by atoms with van der Waals surface area (Å²) in [7, 11) is -2.00. The molecule has 1 N–H and O–H groups in total. The highest BCUT2D eigenvalue weighted by Crippen LogP contribution is 2.32. The predicted molar refractivity (Wildman–Crippen MR) is 126 cm³/mol. The van der Waals surface area contributed by atoms with E-state index >= 15 is 0 Å². The van der Waals surface area contributed by atoms with Crippen molar-refractivity contribution < 1.29 is 17.9 Å². The van der Waals surface area contributed by atoms with Crippen LogP contribution in [-0.2, 0) is 14.8 Å². The third-order valence-corrected chi connectivity index (χ3v) is 6.68. The summed E-state index contributed by atoms with van der Waals surface area (Å²) >= 11 is 0. The van der Waals surface area contributed by atoms with Crippen molar-refractivity contribution in [2.45, 2.75) is 59.5 Å². The molecule has 170 valence electrons. The first kappa shape index (κ1) is 24.7. The molecule has 2 atom stereocenters. The van der Waals surface area contributed by atoms with E-state index in [1.807, 2.05) is 39.0 Å². The molecule has 6 nitrogen and oxygen atoms in total. The van der Waals surface area contributed by atoms with E-state index in [2.05, 4.69) is 25.2 Å². The molecule has 0 spiro atoms. The smallest absolute Gasteiger partial charge is 0.244 e. The average Bonchev–Trinajstić information content (AvgIpc) is 2.67. The summed E-state index contributed by atoms with van der Waals surface area (Å²) in [6.07, 6.45) is 1.11. The molecular formula is C24H34N2O4S. The second kappa shape index (κ2) is 9.73. The van der Waals surface area contributed by atoms with Crippen LogP contribution in [0.3, 0.4) is 0 Å². The van der Waals surface area contributed by atoms with E-state index in [9.17, 15) is 13.2 Å². The summed E-state index contributed by atoms with van der Waals surface area (Å²) < 4.78 is 31.7. The Kier molecular flexibility index (Phi) is 7.76. The van der Waals surface area contributed by atoms with Crippen molar-refractivity contribution in [1.82, 2.24) is 5.32 Å². The monoisotopic (exact) mass is 446 g/mol. The van der Waals surface area contributed by atoms with E-state index in [0.717, 1.165) is 38.6 Å². The van der Waals surface area contributed by atoms with Gasteiger partial charge in [0.15, 0.2) is 0 Å². The number of methoxy groups -OCH3 is 1. The van der Waals surface area contributed by atoms with Gasteiger partial charge in [0.25, 0.3) is 0 Å². The van der Waals surface area contributed by atoms with Gasteiger partial charge in [-0.1, -0.05) is 31.5 Å². The Labute approximate surface area is 186 Å². The van der Waals surface area contributed by atoms with Gasteiger partial charge in [-0.05, 0) is 74.6 Å². The van der Waals surface area contributed by atoms with Crippen LogP contribution >= 0.6 is 0 Å². The summed E-state index contributed by atoms with van der Waals surface area (Å²) in [5, 5.41) is 2.99. The van der Waals surface area contributed by atoms with Gasteiger partial charge in [-0.15, -0.1) is 0 Å². The van der Waals surface area contributed by atoms with Gasteiger partial charge in [0.05, 0.1) is 25.1 Å². The molecule has 0 aliphatic heterocycles. The summed E-state index contributed by atoms with van der Waals surface area (Å²) in [4.78, 5) is 13.1. The minimum absolute atomic E-state index is 0.262. The Bertz CT molecular complexity index is 1030. The van der Waals surface area contributed by atoms with Gasteiger partial charge < -0.3 is 10.1 Å². The van der Waals surface area contributed by atoms with Gasteiger partial charge in [0.2, 0.25) is 15.9 Å². The zero-order valence-electron chi connectivity index (χ0n) is 19.7. The van der Waals surface area contributed by atoms with E-state index in [1.165, 1.54) is 0 Å². The zero-order valence-corrected chi connectivity index (χ0v) is 20.5. The van der Waals surface area contributed by atoms with Crippen LogP contribution in [0.1, 0.15) is 61.9 Å². The van der Waals surface area contributed by atoms with Gasteiger partial charge in [0, 0.05) is 0 Å². The fourth-order valence-corrected chi connectivity index (χ4v) is 4.90. The Hall–Kier alpha value is -2.54. The summed E-state index contributed by atoms with van der Waals surface area (Å²) in [6.45, 7) is 11.6. The highest BCUT2D eigenvalue weighted by atomic mass is 32.2. The maximum atomic E-state index is 13.1. The lowest BCUT2D eigenvalue weighted by Gasteiger charge is -2.30. The third kappa shape index (κ3) is 5.79. The first-order valence-electron chi connectivity index (χ1n) is 10.4. The first-order valence-corrected chi connectivity index (χ1v) is 12.3. The molecule has 7 heteroatoms. The molecule has 2 aromatic carbocycles. The van der Waals surface area contributed by atoms with E-state index in [-0.39, 0.29) is 17.9 Å². The van der Waals surface area contributed by atoms with Crippen molar-refractivity contribution >= 4 is 21.6 Å². The zero-order chi connectivity index (χ0) is 23.5. The van der Waals surface area contributed by atoms with Gasteiger partial charge in [-0.2, -0.15) is 0 Å². The number of anilines is 1. The van der Waals surface area contributed by atoms with Crippen LogP contribution in [0.5, 0.6) is 5.75 Å². The fourth-order valence-electron chi connectivity index (χ4n) is 3.72. The predicted octanol–water partition coefficient (Wildman–Crippen LogP) is 4.47. The molecule has 31 heavy (non-hydrogen) atoms. The van der Waals surface area contributed by atoms with Crippen molar-refractivity contribution in [3.05, 3.63) is 58.7 Å². The molecule has 0 aliphatic carbocycles. The number of nitrogens with zero attached hydrogens (tertiary/aromatic N) is 1. The molecule has 1 amide bonds. The van der Waals surface area contributed by atoms with Crippen molar-refractivity contribution in [2.75, 3.05) is 17.7 Å². The van der Waals surface area contributed by atoms with E-state index in [0.29, 0.717) is 5.69 Å². The third-order valence-electron chi connectivity index (χ3n) is 5.44. The average molecular weight is 447 g/mol. The maximum Gasteiger partial charge on any atom is 0.244 e. The van der Waals surface area contributed by atoms with Crippen LogP contribution in [0.2, 0.25) is 0 Å². The molecule has 0 unspecified atom stereocenters. The number of nitrogens with one attached hydrogen (secondary N) is 1. The minimum atomic E-state index is -3.65. The number of benzene rings is 2. The fraction of sp³-hybridized carbons (Fsp3) is 0.458. The molecule has 0 bridgehead atoms. The minimum Gasteiger partial charge on any atom is -0.496 e. The SMILES string of the molecule is COc1cc(C)c([C@H](C)NC(=O)[C@@H](C)N(c2ccc(C)cc2)S(C)(=O)=O)cc1C(C)C. The van der Waals surface area contributed by atoms with Gasteiger partial charge >= 0.3 is 0 Å². The number of amides is 1. The molecule has 0 aliphatic rings. The number of ether oxygens (including phenoxy) is 1. The van der Waals surface area contributed by atoms with Gasteiger partial charge in [-0.25, -0.2) is 8.42 Å². The summed E-state index contributed by atoms with van der Waals surface area (Å²) in [6, 6.07) is 9.93. The van der Waals surface area contributed by atoms with Crippen molar-refractivity contribution in [3.8, 4) is 5.75 Å². The Morgan fingerprint density at radius 2 is 1.58 bits per heavy atom. The summed E-state index contributed by atoms with van der Waals surface area (Å²) in [5.74, 6) is 0.726. The number of carbonyl (C=O) groups excluding carboxylic acids is 1. The second-order valence-corrected chi connectivity index (χ2v) is 10.3. The Morgan fingerprint density at radius 3 is 2.06 bits per heavy atom. The Balaban J connectivity index is 2.32. The summed E-state index contributed by atoms with van der Waals surface area (Å²) in [5.41, 5.74) is 4.52. The molecule has 0 fully saturated rings. The molecule has 0 saturated carbocycles. The van der Waals surface area contributed by atoms with Gasteiger partial charge in [-0.3, -0.25) is 9.10 Å². The van der Waals surface area contributed by atoms with Crippen LogP contribution in [0.15, 0.2) is 36.4 Å². The number of hydrogen-bond donors (Lipinski definition) is 1. The molecular weight excluding hydrogens is 412 g/mol. The lowest BCUT2D eigenvalue weighted by Crippen LogP contribution is -2.48. The van der Waals surface area contributed by atoms with E-state index < -0.39 is 16.1 Å². The van der Waals surface area contributed by atoms with E-state index in [1.54, 1.807) is 26.2 Å². The quantitative estimate of drug-likeness (QED) is 0.649. The number of aryl methyl sites for hydroxylation is 2. The molecule has 2 aromatic rings. The highest BCUT2D eigenvalue weighted by Gasteiger charge is 2.30. The second-order valence-electron chi connectivity index (χ2n) is 8.41. The van der Waals surface area contributed by atoms with Gasteiger partial charge in [0.1, 0.15) is 11.8 Å². The normalized spacial score (nSPS) is 13.6. The highest BCUT2D eigenvalue weighted by molar-refractivity contribution is 7.92. The van der Waals surface area contributed by atoms with Crippen LogP contribution < -0.4 is 14.4 Å². The maximum absolute atomic E-state index is 13.1. The van der Waals surface area contributed by atoms with E-state index in [4.69, 9.17) is 4.74 Å². The first-order chi connectivity index (χ1) is 14.4. The number of rotatable bonds is 8. The number of hydrogen-bond acceptors (Lipinski definition) is 4. The largest absolute Gasteiger partial charge is 0.496 e. The molecule has 0 radical (unpaired) electrons. The number of carbonyl (C=O) groups is 1. The molecule has 0 heterocycles. The topological polar surface area (TPSA) is 75.7 Å². The number of sulfonamides is 1. The van der Waals surface area contributed by atoms with Crippen molar-refractivity contribution in [1.29, 1.82) is 0 Å². The molecule has 2 rings (SSSR count). The van der Waals surface area contributed by atoms with Crippen molar-refractivity contribution in [3.63, 3.8) is 0 Å². The van der Waals surface area contributed by atoms with Crippen LogP contribution in [0.25, 0.3) is 0 Å². The molecule has 0 saturated heterocycles. The Morgan fingerprint density at radius 1 is 1.00 bits per heavy atom. The van der Waals surface area contributed by atoms with Crippen LogP contribution in [0, 0.1) is 13.8 Å². The molecule has 0 aromatic heterocycles. The van der Waals surface area contributed by atoms with Crippen LogP contribution in [0.4, 0.5) is 5.69 Å².